The topological polar surface area (TPSA) is 123 Å². The molecule has 0 saturated carbocycles. The summed E-state index contributed by atoms with van der Waals surface area (Å²) in [5.41, 5.74) is 0.212. The van der Waals surface area contributed by atoms with Gasteiger partial charge in [0.15, 0.2) is 5.79 Å². The van der Waals surface area contributed by atoms with Gasteiger partial charge in [0.1, 0.15) is 11.9 Å². The van der Waals surface area contributed by atoms with Crippen LogP contribution in [-0.2, 0) is 19.0 Å². The zero-order valence-electron chi connectivity index (χ0n) is 18.7. The molecule has 3 heterocycles. The van der Waals surface area contributed by atoms with Crippen molar-refractivity contribution in [2.24, 2.45) is 5.92 Å². The number of fused-ring (bicyclic) bond motifs is 1. The zero-order valence-corrected chi connectivity index (χ0v) is 20.3. The minimum absolute atomic E-state index is 0.156. The number of hydrogen-bond donors (Lipinski definition) is 2. The fourth-order valence-corrected chi connectivity index (χ4v) is 4.66. The number of likely N-dealkylation sites (tertiary alicyclic amines) is 1. The van der Waals surface area contributed by atoms with Crippen LogP contribution in [0.15, 0.2) is 27.5 Å². The Morgan fingerprint density at radius 2 is 2.06 bits per heavy atom. The van der Waals surface area contributed by atoms with Crippen LogP contribution in [0.4, 0.5) is 4.79 Å². The van der Waals surface area contributed by atoms with E-state index in [1.54, 1.807) is 23.1 Å². The average molecular weight is 523 g/mol. The van der Waals surface area contributed by atoms with Crippen LogP contribution < -0.4 is 10.9 Å². The fourth-order valence-electron chi connectivity index (χ4n) is 4.31. The molecule has 2 aliphatic rings. The van der Waals surface area contributed by atoms with Crippen LogP contribution in [0.3, 0.4) is 0 Å². The van der Waals surface area contributed by atoms with E-state index in [1.165, 1.54) is 7.11 Å². The van der Waals surface area contributed by atoms with Crippen LogP contribution in [0.1, 0.15) is 38.6 Å². The number of halogens is 1. The normalized spacial score (nSPS) is 20.9. The minimum Gasteiger partial charge on any atom is -0.453 e. The van der Waals surface area contributed by atoms with Gasteiger partial charge in [-0.05, 0) is 30.5 Å². The highest BCUT2D eigenvalue weighted by Crippen LogP contribution is 2.41. The number of amides is 2. The van der Waals surface area contributed by atoms with Crippen molar-refractivity contribution in [2.45, 2.75) is 44.6 Å². The molecule has 2 aromatic rings. The molecule has 2 atom stereocenters. The van der Waals surface area contributed by atoms with E-state index in [1.807, 2.05) is 13.8 Å². The average Bonchev–Trinajstić information content (AvgIpc) is 3.15. The molecule has 178 valence electrons. The van der Waals surface area contributed by atoms with Gasteiger partial charge < -0.3 is 29.4 Å². The lowest BCUT2D eigenvalue weighted by atomic mass is 10.0. The Bertz CT molecular complexity index is 1110. The van der Waals surface area contributed by atoms with Crippen LogP contribution in [0.25, 0.3) is 10.9 Å². The number of hydrogen-bond acceptors (Lipinski definition) is 7. The van der Waals surface area contributed by atoms with Gasteiger partial charge in [0.2, 0.25) is 5.91 Å². The van der Waals surface area contributed by atoms with Gasteiger partial charge in [0, 0.05) is 10.9 Å². The lowest BCUT2D eigenvalue weighted by Crippen LogP contribution is -2.52. The van der Waals surface area contributed by atoms with Crippen molar-refractivity contribution < 1.29 is 23.8 Å². The van der Waals surface area contributed by atoms with Gasteiger partial charge in [-0.15, -0.1) is 0 Å². The summed E-state index contributed by atoms with van der Waals surface area (Å²) in [5.74, 6) is -1.18. The van der Waals surface area contributed by atoms with Gasteiger partial charge in [-0.3, -0.25) is 9.59 Å². The Morgan fingerprint density at radius 3 is 2.73 bits per heavy atom. The number of benzene rings is 1. The smallest absolute Gasteiger partial charge is 0.407 e. The SMILES string of the molecule is COC(=O)N[C@H](C(=O)N1CC2(C[C@H]1c1nc3cc(Br)ccc3c(=O)[nH]1)OCCCO2)C(C)C. The largest absolute Gasteiger partial charge is 0.453 e. The van der Waals surface area contributed by atoms with Gasteiger partial charge in [-0.1, -0.05) is 29.8 Å². The molecule has 1 aromatic heterocycles. The summed E-state index contributed by atoms with van der Waals surface area (Å²) in [6.45, 7) is 4.85. The van der Waals surface area contributed by atoms with Gasteiger partial charge in [-0.2, -0.15) is 0 Å². The third-order valence-corrected chi connectivity index (χ3v) is 6.48. The first kappa shape index (κ1) is 23.7. The molecule has 2 amide bonds. The lowest BCUT2D eigenvalue weighted by Gasteiger charge is -2.34. The monoisotopic (exact) mass is 522 g/mol. The quantitative estimate of drug-likeness (QED) is 0.632. The van der Waals surface area contributed by atoms with Crippen LogP contribution in [-0.4, -0.2) is 65.6 Å². The Labute approximate surface area is 199 Å². The highest BCUT2D eigenvalue weighted by molar-refractivity contribution is 9.10. The van der Waals surface area contributed by atoms with Crippen molar-refractivity contribution in [3.8, 4) is 0 Å². The first-order valence-corrected chi connectivity index (χ1v) is 11.6. The van der Waals surface area contributed by atoms with Crippen molar-refractivity contribution in [1.82, 2.24) is 20.2 Å². The highest BCUT2D eigenvalue weighted by Gasteiger charge is 2.51. The number of nitrogens with one attached hydrogen (secondary N) is 2. The van der Waals surface area contributed by atoms with E-state index < -0.39 is 24.0 Å². The Hall–Kier alpha value is -2.50. The van der Waals surface area contributed by atoms with Crippen molar-refractivity contribution in [3.05, 3.63) is 38.9 Å². The van der Waals surface area contributed by atoms with Crippen LogP contribution in [0.2, 0.25) is 0 Å². The molecule has 2 aliphatic heterocycles. The molecule has 33 heavy (non-hydrogen) atoms. The number of nitrogens with zero attached hydrogens (tertiary/aromatic N) is 2. The number of methoxy groups -OCH3 is 1. The molecule has 0 aliphatic carbocycles. The molecular formula is C22H27BrN4O6. The number of carbonyl (C=O) groups is 2. The fraction of sp³-hybridized carbons (Fsp3) is 0.545. The third kappa shape index (κ3) is 4.75. The first-order valence-electron chi connectivity index (χ1n) is 10.9. The summed E-state index contributed by atoms with van der Waals surface area (Å²) in [5, 5.41) is 3.07. The predicted molar refractivity (Wildman–Crippen MR) is 123 cm³/mol. The molecule has 0 radical (unpaired) electrons. The summed E-state index contributed by atoms with van der Waals surface area (Å²) < 4.78 is 17.5. The lowest BCUT2D eigenvalue weighted by molar-refractivity contribution is -0.257. The van der Waals surface area contributed by atoms with E-state index in [0.717, 1.165) is 10.9 Å². The molecule has 10 nitrogen and oxygen atoms in total. The Kier molecular flexibility index (Phi) is 6.73. The minimum atomic E-state index is -0.990. The molecular weight excluding hydrogens is 496 g/mol. The van der Waals surface area contributed by atoms with Crippen LogP contribution in [0, 0.1) is 5.92 Å². The number of aromatic nitrogens is 2. The second kappa shape index (κ2) is 9.40. The number of carbonyl (C=O) groups excluding carboxylic acids is 2. The van der Waals surface area contributed by atoms with Gasteiger partial charge in [-0.25, -0.2) is 9.78 Å². The molecule has 0 bridgehead atoms. The van der Waals surface area contributed by atoms with E-state index in [4.69, 9.17) is 14.2 Å². The maximum atomic E-state index is 13.7. The molecule has 2 N–H and O–H groups in total. The predicted octanol–water partition coefficient (Wildman–Crippen LogP) is 2.47. The maximum Gasteiger partial charge on any atom is 0.407 e. The Balaban J connectivity index is 1.75. The second-order valence-corrected chi connectivity index (χ2v) is 9.53. The summed E-state index contributed by atoms with van der Waals surface area (Å²) >= 11 is 3.41. The number of H-pyrrole nitrogens is 1. The molecule has 1 aromatic carbocycles. The first-order chi connectivity index (χ1) is 15.7. The van der Waals surface area contributed by atoms with Crippen molar-refractivity contribution in [3.63, 3.8) is 0 Å². The molecule has 2 saturated heterocycles. The summed E-state index contributed by atoms with van der Waals surface area (Å²) in [6, 6.07) is 3.78. The second-order valence-electron chi connectivity index (χ2n) is 8.62. The number of ether oxygens (including phenoxy) is 3. The van der Waals surface area contributed by atoms with E-state index in [-0.39, 0.29) is 23.9 Å². The maximum absolute atomic E-state index is 13.7. The van der Waals surface area contributed by atoms with E-state index in [2.05, 4.69) is 31.2 Å². The molecule has 4 rings (SSSR count). The van der Waals surface area contributed by atoms with Crippen LogP contribution >= 0.6 is 15.9 Å². The molecule has 2 fully saturated rings. The summed E-state index contributed by atoms with van der Waals surface area (Å²) in [7, 11) is 1.25. The summed E-state index contributed by atoms with van der Waals surface area (Å²) in [4.78, 5) is 47.4. The van der Waals surface area contributed by atoms with E-state index in [9.17, 15) is 14.4 Å². The number of alkyl carbamates (subject to hydrolysis) is 1. The van der Waals surface area contributed by atoms with Gasteiger partial charge in [0.25, 0.3) is 5.56 Å². The summed E-state index contributed by atoms with van der Waals surface area (Å²) in [6.07, 6.45) is 0.377. The van der Waals surface area contributed by atoms with Gasteiger partial charge in [0.05, 0.1) is 43.8 Å². The number of aromatic amines is 1. The third-order valence-electron chi connectivity index (χ3n) is 5.99. The molecule has 11 heteroatoms. The molecule has 0 unspecified atom stereocenters. The zero-order chi connectivity index (χ0) is 23.8. The van der Waals surface area contributed by atoms with Gasteiger partial charge >= 0.3 is 6.09 Å². The van der Waals surface area contributed by atoms with Crippen LogP contribution in [0.5, 0.6) is 0 Å². The van der Waals surface area contributed by atoms with Crippen molar-refractivity contribution >= 4 is 38.8 Å². The molecule has 1 spiro atoms. The van der Waals surface area contributed by atoms with E-state index >= 15 is 0 Å². The van der Waals surface area contributed by atoms with E-state index in [0.29, 0.717) is 36.4 Å². The standard InChI is InChI=1S/C22H27BrN4O6/c1-12(2)17(25-21(30)31-3)20(29)27-11-22(32-7-4-8-33-22)10-16(27)18-24-15-9-13(23)5-6-14(15)19(28)26-18/h5-6,9,12,16-17H,4,7-8,10-11H2,1-3H3,(H,25,30)(H,24,26,28)/t16-,17-/m0/s1. The highest BCUT2D eigenvalue weighted by atomic mass is 79.9. The Morgan fingerprint density at radius 1 is 1.33 bits per heavy atom. The van der Waals surface area contributed by atoms with Crippen molar-refractivity contribution in [1.29, 1.82) is 0 Å². The van der Waals surface area contributed by atoms with Crippen molar-refractivity contribution in [2.75, 3.05) is 26.9 Å². The number of rotatable bonds is 4.